The highest BCUT2D eigenvalue weighted by atomic mass is 16.5. The maximum absolute atomic E-state index is 13.2. The summed E-state index contributed by atoms with van der Waals surface area (Å²) in [5.74, 6) is 1.38. The first kappa shape index (κ1) is 23.4. The number of nitrogens with zero attached hydrogens (tertiary/aromatic N) is 1. The van der Waals surface area contributed by atoms with Crippen LogP contribution in [-0.2, 0) is 0 Å². The van der Waals surface area contributed by atoms with Gasteiger partial charge < -0.3 is 24.4 Å². The van der Waals surface area contributed by atoms with Crippen molar-refractivity contribution in [2.24, 2.45) is 0 Å². The number of piperidine rings is 1. The van der Waals surface area contributed by atoms with Crippen LogP contribution in [-0.4, -0.2) is 55.7 Å². The van der Waals surface area contributed by atoms with Crippen LogP contribution < -0.4 is 19.5 Å². The average Bonchev–Trinajstić information content (AvgIpc) is 2.82. The summed E-state index contributed by atoms with van der Waals surface area (Å²) < 4.78 is 17.2. The number of hydrogen-bond acceptors (Lipinski definition) is 5. The van der Waals surface area contributed by atoms with Crippen LogP contribution in [0.25, 0.3) is 0 Å². The molecule has 7 nitrogen and oxygen atoms in total. The Balaban J connectivity index is 1.68. The van der Waals surface area contributed by atoms with E-state index >= 15 is 0 Å². The minimum absolute atomic E-state index is 0.0463. The first-order chi connectivity index (χ1) is 15.6. The van der Waals surface area contributed by atoms with E-state index in [9.17, 15) is 9.59 Å². The SMILES string of the molecule is CCOc1cc(C(=O)N2CCC(NC(=O)c3ccccc3)CC2)cc(OCC)c1OCC. The van der Waals surface area contributed by atoms with E-state index < -0.39 is 0 Å². The van der Waals surface area contributed by atoms with E-state index in [4.69, 9.17) is 14.2 Å². The van der Waals surface area contributed by atoms with E-state index in [0.717, 1.165) is 0 Å². The highest BCUT2D eigenvalue weighted by Gasteiger charge is 2.27. The molecule has 7 heteroatoms. The Bertz CT molecular complexity index is 881. The van der Waals surface area contributed by atoms with Crippen molar-refractivity contribution in [2.75, 3.05) is 32.9 Å². The molecule has 172 valence electrons. The molecule has 0 radical (unpaired) electrons. The maximum atomic E-state index is 13.2. The maximum Gasteiger partial charge on any atom is 0.254 e. The predicted molar refractivity (Wildman–Crippen MR) is 123 cm³/mol. The predicted octanol–water partition coefficient (Wildman–Crippen LogP) is 3.92. The normalized spacial score (nSPS) is 14.0. The van der Waals surface area contributed by atoms with Crippen LogP contribution in [0.5, 0.6) is 17.2 Å². The van der Waals surface area contributed by atoms with Crippen molar-refractivity contribution in [3.05, 3.63) is 53.6 Å². The summed E-state index contributed by atoms with van der Waals surface area (Å²) in [6.07, 6.45) is 1.41. The van der Waals surface area contributed by atoms with Gasteiger partial charge in [0, 0.05) is 30.3 Å². The summed E-state index contributed by atoms with van der Waals surface area (Å²) in [5, 5.41) is 3.07. The van der Waals surface area contributed by atoms with E-state index in [1.54, 1.807) is 24.3 Å². The summed E-state index contributed by atoms with van der Waals surface area (Å²) in [4.78, 5) is 27.4. The molecule has 0 aromatic heterocycles. The lowest BCUT2D eigenvalue weighted by molar-refractivity contribution is 0.0697. The van der Waals surface area contributed by atoms with E-state index in [-0.39, 0.29) is 17.9 Å². The number of likely N-dealkylation sites (tertiary alicyclic amines) is 1. The third kappa shape index (κ3) is 5.72. The van der Waals surface area contributed by atoms with Crippen LogP contribution in [0.2, 0.25) is 0 Å². The van der Waals surface area contributed by atoms with Crippen molar-refractivity contribution < 1.29 is 23.8 Å². The Kier molecular flexibility index (Phi) is 8.36. The van der Waals surface area contributed by atoms with Gasteiger partial charge in [-0.2, -0.15) is 0 Å². The molecule has 0 bridgehead atoms. The van der Waals surface area contributed by atoms with Gasteiger partial charge >= 0.3 is 0 Å². The molecule has 1 fully saturated rings. The zero-order valence-electron chi connectivity index (χ0n) is 19.1. The minimum atomic E-state index is -0.0807. The molecule has 32 heavy (non-hydrogen) atoms. The van der Waals surface area contributed by atoms with Crippen molar-refractivity contribution in [1.82, 2.24) is 10.2 Å². The molecule has 1 heterocycles. The molecule has 1 saturated heterocycles. The van der Waals surface area contributed by atoms with Crippen LogP contribution in [0, 0.1) is 0 Å². The number of benzene rings is 2. The summed E-state index contributed by atoms with van der Waals surface area (Å²) in [6.45, 7) is 8.18. The molecule has 1 aliphatic heterocycles. The van der Waals surface area contributed by atoms with Gasteiger partial charge in [-0.25, -0.2) is 0 Å². The van der Waals surface area contributed by atoms with Gasteiger partial charge in [-0.05, 0) is 57.9 Å². The highest BCUT2D eigenvalue weighted by Crippen LogP contribution is 2.39. The molecule has 0 saturated carbocycles. The van der Waals surface area contributed by atoms with Crippen molar-refractivity contribution in [2.45, 2.75) is 39.7 Å². The summed E-state index contributed by atoms with van der Waals surface area (Å²) in [7, 11) is 0. The summed E-state index contributed by atoms with van der Waals surface area (Å²) in [6, 6.07) is 12.7. The van der Waals surface area contributed by atoms with Crippen LogP contribution in [0.15, 0.2) is 42.5 Å². The van der Waals surface area contributed by atoms with Gasteiger partial charge in [-0.3, -0.25) is 9.59 Å². The number of nitrogens with one attached hydrogen (secondary N) is 1. The number of hydrogen-bond donors (Lipinski definition) is 1. The van der Waals surface area contributed by atoms with Crippen LogP contribution >= 0.6 is 0 Å². The van der Waals surface area contributed by atoms with Crippen LogP contribution in [0.3, 0.4) is 0 Å². The van der Waals surface area contributed by atoms with E-state index in [1.165, 1.54) is 0 Å². The fourth-order valence-corrected chi connectivity index (χ4v) is 3.78. The number of ether oxygens (including phenoxy) is 3. The Hall–Kier alpha value is -3.22. The fourth-order valence-electron chi connectivity index (χ4n) is 3.78. The average molecular weight is 441 g/mol. The van der Waals surface area contributed by atoms with E-state index in [2.05, 4.69) is 5.32 Å². The topological polar surface area (TPSA) is 77.1 Å². The lowest BCUT2D eigenvalue weighted by atomic mass is 10.0. The van der Waals surface area contributed by atoms with Crippen molar-refractivity contribution in [1.29, 1.82) is 0 Å². The molecule has 0 aliphatic carbocycles. The quantitative estimate of drug-likeness (QED) is 0.640. The number of rotatable bonds is 9. The second kappa shape index (κ2) is 11.4. The van der Waals surface area contributed by atoms with Crippen LogP contribution in [0.4, 0.5) is 0 Å². The molecule has 0 atom stereocenters. The third-order valence-electron chi connectivity index (χ3n) is 5.31. The lowest BCUT2D eigenvalue weighted by Crippen LogP contribution is -2.46. The van der Waals surface area contributed by atoms with Crippen molar-refractivity contribution in [3.8, 4) is 17.2 Å². The van der Waals surface area contributed by atoms with Crippen molar-refractivity contribution >= 4 is 11.8 Å². The zero-order valence-corrected chi connectivity index (χ0v) is 19.1. The molecule has 0 spiro atoms. The molecule has 2 aromatic carbocycles. The Morgan fingerprint density at radius 1 is 0.875 bits per heavy atom. The zero-order chi connectivity index (χ0) is 22.9. The Morgan fingerprint density at radius 2 is 1.44 bits per heavy atom. The van der Waals surface area contributed by atoms with Gasteiger partial charge in [-0.1, -0.05) is 18.2 Å². The second-order valence-corrected chi connectivity index (χ2v) is 7.51. The summed E-state index contributed by atoms with van der Waals surface area (Å²) >= 11 is 0. The highest BCUT2D eigenvalue weighted by molar-refractivity contribution is 5.96. The lowest BCUT2D eigenvalue weighted by Gasteiger charge is -2.32. The molecular formula is C25H32N2O5. The fraction of sp³-hybridized carbons (Fsp3) is 0.440. The summed E-state index contributed by atoms with van der Waals surface area (Å²) in [5.41, 5.74) is 1.15. The van der Waals surface area contributed by atoms with Gasteiger partial charge in [-0.15, -0.1) is 0 Å². The molecule has 3 rings (SSSR count). The first-order valence-corrected chi connectivity index (χ1v) is 11.3. The first-order valence-electron chi connectivity index (χ1n) is 11.3. The number of carbonyl (C=O) groups is 2. The second-order valence-electron chi connectivity index (χ2n) is 7.51. The molecule has 0 unspecified atom stereocenters. The van der Waals surface area contributed by atoms with E-state index in [1.807, 2.05) is 43.9 Å². The Labute approximate surface area is 189 Å². The Morgan fingerprint density at radius 3 is 1.97 bits per heavy atom. The van der Waals surface area contributed by atoms with Crippen molar-refractivity contribution in [3.63, 3.8) is 0 Å². The number of carbonyl (C=O) groups excluding carboxylic acids is 2. The third-order valence-corrected chi connectivity index (χ3v) is 5.31. The van der Waals surface area contributed by atoms with Gasteiger partial charge in [0.15, 0.2) is 11.5 Å². The molecule has 1 N–H and O–H groups in total. The molecule has 2 aromatic rings. The largest absolute Gasteiger partial charge is 0.490 e. The van der Waals surface area contributed by atoms with Gasteiger partial charge in [0.25, 0.3) is 11.8 Å². The van der Waals surface area contributed by atoms with Gasteiger partial charge in [0.2, 0.25) is 5.75 Å². The standard InChI is InChI=1S/C25H32N2O5/c1-4-30-21-16-19(17-22(31-5-2)23(21)32-6-3)25(29)27-14-12-20(13-15-27)26-24(28)18-10-8-7-9-11-18/h7-11,16-17,20H,4-6,12-15H2,1-3H3,(H,26,28). The smallest absolute Gasteiger partial charge is 0.254 e. The monoisotopic (exact) mass is 440 g/mol. The van der Waals surface area contributed by atoms with E-state index in [0.29, 0.717) is 74.1 Å². The minimum Gasteiger partial charge on any atom is -0.490 e. The van der Waals surface area contributed by atoms with Crippen LogP contribution in [0.1, 0.15) is 54.3 Å². The number of amides is 2. The molecular weight excluding hydrogens is 408 g/mol. The molecule has 2 amide bonds. The van der Waals surface area contributed by atoms with Gasteiger partial charge in [0.05, 0.1) is 19.8 Å². The van der Waals surface area contributed by atoms with Gasteiger partial charge in [0.1, 0.15) is 0 Å². The molecule has 1 aliphatic rings.